The number of nitrogens with one attached hydrogen (secondary N) is 1. The van der Waals surface area contributed by atoms with Crippen molar-refractivity contribution in [3.8, 4) is 0 Å². The number of phosphoric ester groups is 1. The Balaban J connectivity index is 4.29. The van der Waals surface area contributed by atoms with E-state index < -0.39 is 20.0 Å². The van der Waals surface area contributed by atoms with Gasteiger partial charge in [-0.05, 0) is 38.5 Å². The summed E-state index contributed by atoms with van der Waals surface area (Å²) < 4.78 is 23.2. The molecule has 3 unspecified atom stereocenters. The second-order valence-corrected chi connectivity index (χ2v) is 18.8. The molecular formula is C49H93N2O6P. The Morgan fingerprint density at radius 3 is 1.43 bits per heavy atom. The molecule has 0 radical (unpaired) electrons. The van der Waals surface area contributed by atoms with Gasteiger partial charge in [0.05, 0.1) is 39.9 Å². The van der Waals surface area contributed by atoms with E-state index in [0.717, 1.165) is 44.9 Å². The summed E-state index contributed by atoms with van der Waals surface area (Å²) in [5, 5.41) is 13.9. The summed E-state index contributed by atoms with van der Waals surface area (Å²) in [6.45, 7) is 4.55. The molecule has 0 fully saturated rings. The maximum absolute atomic E-state index is 12.8. The fourth-order valence-corrected chi connectivity index (χ4v) is 7.54. The van der Waals surface area contributed by atoms with Crippen molar-refractivity contribution in [2.45, 2.75) is 219 Å². The summed E-state index contributed by atoms with van der Waals surface area (Å²) in [7, 11) is 1.26. The highest BCUT2D eigenvalue weighted by molar-refractivity contribution is 7.45. The molecule has 1 amide bonds. The SMILES string of the molecule is CC/C=C\C/C=C\C/C=C\C/C=C\CCC(=O)NC(COP(=O)([O-])OCC[N+](C)(C)C)C(O)CCCCCCCCCCCCCCCCCCCCCCCCC. The van der Waals surface area contributed by atoms with Crippen LogP contribution < -0.4 is 10.2 Å². The molecule has 58 heavy (non-hydrogen) atoms. The van der Waals surface area contributed by atoms with Gasteiger partial charge in [0.15, 0.2) is 0 Å². The molecule has 0 saturated carbocycles. The molecule has 9 heteroatoms. The molecule has 2 N–H and O–H groups in total. The highest BCUT2D eigenvalue weighted by atomic mass is 31.2. The van der Waals surface area contributed by atoms with E-state index in [2.05, 4.69) is 55.6 Å². The number of hydrogen-bond acceptors (Lipinski definition) is 6. The van der Waals surface area contributed by atoms with E-state index in [1.165, 1.54) is 128 Å². The smallest absolute Gasteiger partial charge is 0.268 e. The number of rotatable bonds is 43. The number of quaternary nitrogens is 1. The van der Waals surface area contributed by atoms with Crippen LogP contribution in [-0.4, -0.2) is 68.5 Å². The standard InChI is InChI=1S/C49H93N2O6P/c1-6-8-10-12-14-16-18-20-21-22-23-24-25-26-27-28-29-31-32-34-36-38-40-42-48(52)47(46-57-58(54,55)56-45-44-51(3,4)5)50-49(53)43-41-39-37-35-33-30-19-17-15-13-11-9-7-2/h9,11,15,17,30,33,37,39,47-48,52H,6-8,10,12-14,16,18-29,31-32,34-36,38,40-46H2,1-5H3,(H-,50,53,54,55)/b11-9-,17-15-,33-30-,39-37-. The van der Waals surface area contributed by atoms with Gasteiger partial charge in [-0.1, -0.05) is 210 Å². The summed E-state index contributed by atoms with van der Waals surface area (Å²) >= 11 is 0. The molecule has 0 bridgehead atoms. The van der Waals surface area contributed by atoms with Crippen molar-refractivity contribution < 1.29 is 32.9 Å². The van der Waals surface area contributed by atoms with Crippen molar-refractivity contribution in [3.05, 3.63) is 48.6 Å². The summed E-state index contributed by atoms with van der Waals surface area (Å²) in [5.41, 5.74) is 0. The molecule has 0 aliphatic carbocycles. The van der Waals surface area contributed by atoms with Gasteiger partial charge in [0.25, 0.3) is 7.82 Å². The minimum atomic E-state index is -4.58. The Hall–Kier alpha value is -1.54. The van der Waals surface area contributed by atoms with E-state index in [1.54, 1.807) is 0 Å². The highest BCUT2D eigenvalue weighted by Crippen LogP contribution is 2.38. The van der Waals surface area contributed by atoms with Crippen LogP contribution in [0.3, 0.4) is 0 Å². The molecule has 0 spiro atoms. The molecule has 0 heterocycles. The molecule has 340 valence electrons. The van der Waals surface area contributed by atoms with Gasteiger partial charge in [0.1, 0.15) is 13.2 Å². The molecule has 0 saturated heterocycles. The quantitative estimate of drug-likeness (QED) is 0.0274. The van der Waals surface area contributed by atoms with E-state index in [9.17, 15) is 19.4 Å². The predicted molar refractivity (Wildman–Crippen MR) is 247 cm³/mol. The minimum Gasteiger partial charge on any atom is -0.756 e. The third-order valence-electron chi connectivity index (χ3n) is 10.6. The van der Waals surface area contributed by atoms with Crippen molar-refractivity contribution in [2.75, 3.05) is 40.9 Å². The fourth-order valence-electron chi connectivity index (χ4n) is 6.82. The average Bonchev–Trinajstić information content (AvgIpc) is 3.17. The van der Waals surface area contributed by atoms with Crippen LogP contribution in [0.15, 0.2) is 48.6 Å². The average molecular weight is 837 g/mol. The maximum Gasteiger partial charge on any atom is 0.268 e. The number of allylic oxidation sites excluding steroid dienone is 8. The van der Waals surface area contributed by atoms with Crippen LogP contribution in [-0.2, 0) is 18.4 Å². The lowest BCUT2D eigenvalue weighted by Crippen LogP contribution is -2.46. The van der Waals surface area contributed by atoms with Crippen molar-refractivity contribution in [1.82, 2.24) is 5.32 Å². The zero-order chi connectivity index (χ0) is 42.8. The van der Waals surface area contributed by atoms with Gasteiger partial charge in [-0.3, -0.25) is 9.36 Å². The van der Waals surface area contributed by atoms with Gasteiger partial charge in [-0.15, -0.1) is 0 Å². The van der Waals surface area contributed by atoms with Crippen molar-refractivity contribution in [2.24, 2.45) is 0 Å². The first-order chi connectivity index (χ1) is 28.0. The normalized spacial score (nSPS) is 14.7. The van der Waals surface area contributed by atoms with Gasteiger partial charge in [0, 0.05) is 6.42 Å². The van der Waals surface area contributed by atoms with Crippen LogP contribution >= 0.6 is 7.82 Å². The first-order valence-corrected chi connectivity index (χ1v) is 25.4. The zero-order valence-corrected chi connectivity index (χ0v) is 39.4. The number of aliphatic hydroxyl groups excluding tert-OH is 1. The Morgan fingerprint density at radius 1 is 0.621 bits per heavy atom. The van der Waals surface area contributed by atoms with Crippen molar-refractivity contribution >= 4 is 13.7 Å². The maximum atomic E-state index is 12.8. The number of unbranched alkanes of at least 4 members (excludes halogenated alkanes) is 22. The molecule has 8 nitrogen and oxygen atoms in total. The molecule has 0 rings (SSSR count). The number of phosphoric acid groups is 1. The van der Waals surface area contributed by atoms with E-state index >= 15 is 0 Å². The monoisotopic (exact) mass is 837 g/mol. The van der Waals surface area contributed by atoms with E-state index in [0.29, 0.717) is 23.9 Å². The van der Waals surface area contributed by atoms with Crippen LogP contribution in [0.4, 0.5) is 0 Å². The lowest BCUT2D eigenvalue weighted by molar-refractivity contribution is -0.870. The van der Waals surface area contributed by atoms with E-state index in [-0.39, 0.29) is 25.5 Å². The van der Waals surface area contributed by atoms with Crippen LogP contribution in [0.2, 0.25) is 0 Å². The predicted octanol–water partition coefficient (Wildman–Crippen LogP) is 13.0. The number of carbonyl (C=O) groups excluding carboxylic acids is 1. The topological polar surface area (TPSA) is 108 Å². The fraction of sp³-hybridized carbons (Fsp3) is 0.816. The van der Waals surface area contributed by atoms with Crippen LogP contribution in [0, 0.1) is 0 Å². The number of likely N-dealkylation sites (N-methyl/N-ethyl adjacent to an activating group) is 1. The first-order valence-electron chi connectivity index (χ1n) is 24.0. The Morgan fingerprint density at radius 2 is 1.02 bits per heavy atom. The first kappa shape index (κ1) is 56.5. The third-order valence-corrected chi connectivity index (χ3v) is 11.6. The Kier molecular flexibility index (Phi) is 39.8. The third kappa shape index (κ3) is 42.6. The summed E-state index contributed by atoms with van der Waals surface area (Å²) in [6, 6.07) is -0.839. The molecule has 0 aromatic carbocycles. The molecular weight excluding hydrogens is 744 g/mol. The van der Waals surface area contributed by atoms with Crippen LogP contribution in [0.1, 0.15) is 206 Å². The number of amides is 1. The number of nitrogens with zero attached hydrogens (tertiary/aromatic N) is 1. The minimum absolute atomic E-state index is 0.00175. The molecule has 0 aliphatic heterocycles. The van der Waals surface area contributed by atoms with Crippen LogP contribution in [0.25, 0.3) is 0 Å². The number of aliphatic hydroxyl groups is 1. The summed E-state index contributed by atoms with van der Waals surface area (Å²) in [6.07, 6.45) is 51.5. The van der Waals surface area contributed by atoms with Crippen molar-refractivity contribution in [1.29, 1.82) is 0 Å². The second kappa shape index (κ2) is 40.8. The van der Waals surface area contributed by atoms with Gasteiger partial charge in [0.2, 0.25) is 5.91 Å². The number of carbonyl (C=O) groups is 1. The Labute approximate surface area is 359 Å². The highest BCUT2D eigenvalue weighted by Gasteiger charge is 2.24. The Bertz CT molecular complexity index is 1090. The van der Waals surface area contributed by atoms with Gasteiger partial charge in [-0.2, -0.15) is 0 Å². The molecule has 0 aliphatic rings. The lowest BCUT2D eigenvalue weighted by atomic mass is 10.0. The molecule has 3 atom stereocenters. The summed E-state index contributed by atoms with van der Waals surface area (Å²) in [5.74, 6) is -0.244. The van der Waals surface area contributed by atoms with Gasteiger partial charge in [-0.25, -0.2) is 0 Å². The molecule has 0 aromatic heterocycles. The summed E-state index contributed by atoms with van der Waals surface area (Å²) in [4.78, 5) is 25.3. The van der Waals surface area contributed by atoms with Gasteiger partial charge < -0.3 is 28.8 Å². The van der Waals surface area contributed by atoms with Gasteiger partial charge >= 0.3 is 0 Å². The van der Waals surface area contributed by atoms with Crippen molar-refractivity contribution in [3.63, 3.8) is 0 Å². The largest absolute Gasteiger partial charge is 0.756 e. The van der Waals surface area contributed by atoms with E-state index in [1.807, 2.05) is 33.3 Å². The zero-order valence-electron chi connectivity index (χ0n) is 38.5. The number of hydrogen-bond donors (Lipinski definition) is 2. The second-order valence-electron chi connectivity index (χ2n) is 17.4. The van der Waals surface area contributed by atoms with Crippen LogP contribution in [0.5, 0.6) is 0 Å². The molecule has 0 aromatic rings. The van der Waals surface area contributed by atoms with E-state index in [4.69, 9.17) is 9.05 Å². The lowest BCUT2D eigenvalue weighted by Gasteiger charge is -2.30.